The van der Waals surface area contributed by atoms with Gasteiger partial charge in [-0.1, -0.05) is 28.1 Å². The smallest absolute Gasteiger partial charge is 0.251 e. The van der Waals surface area contributed by atoms with Crippen molar-refractivity contribution in [3.8, 4) is 0 Å². The van der Waals surface area contributed by atoms with Gasteiger partial charge < -0.3 is 5.32 Å². The number of nitrogens with one attached hydrogen (secondary N) is 2. The van der Waals surface area contributed by atoms with Crippen LogP contribution in [0.25, 0.3) is 0 Å². The molecule has 25 heavy (non-hydrogen) atoms. The summed E-state index contributed by atoms with van der Waals surface area (Å²) in [5.41, 5.74) is 2.99. The molecule has 0 fully saturated rings. The molecule has 7 heteroatoms. The maximum absolute atomic E-state index is 12.4. The number of hydrogen-bond acceptors (Lipinski definition) is 3. The first-order chi connectivity index (χ1) is 11.7. The number of aryl methyl sites for hydroxylation is 3. The Bertz CT molecular complexity index is 895. The summed E-state index contributed by atoms with van der Waals surface area (Å²) in [5.74, 6) is -0.226. The third-order valence-electron chi connectivity index (χ3n) is 3.77. The van der Waals surface area contributed by atoms with Gasteiger partial charge in [0.2, 0.25) is 10.0 Å². The van der Waals surface area contributed by atoms with E-state index in [4.69, 9.17) is 0 Å². The molecule has 0 spiro atoms. The molecule has 1 amide bonds. The molecule has 0 aliphatic rings. The summed E-state index contributed by atoms with van der Waals surface area (Å²) in [5, 5.41) is 2.73. The highest BCUT2D eigenvalue weighted by Gasteiger charge is 2.16. The molecule has 0 heterocycles. The predicted octanol–water partition coefficient (Wildman–Crippen LogP) is 3.08. The zero-order chi connectivity index (χ0) is 18.6. The summed E-state index contributed by atoms with van der Waals surface area (Å²) in [7, 11) is -3.60. The van der Waals surface area contributed by atoms with Crippen molar-refractivity contribution < 1.29 is 13.2 Å². The number of hydrogen-bond donors (Lipinski definition) is 2. The maximum atomic E-state index is 12.4. The van der Waals surface area contributed by atoms with Crippen molar-refractivity contribution in [2.75, 3.05) is 13.1 Å². The molecule has 2 aromatic carbocycles. The minimum Gasteiger partial charge on any atom is -0.351 e. The van der Waals surface area contributed by atoms with E-state index in [-0.39, 0.29) is 23.9 Å². The van der Waals surface area contributed by atoms with E-state index < -0.39 is 10.0 Å². The van der Waals surface area contributed by atoms with Crippen LogP contribution in [0.3, 0.4) is 0 Å². The third-order valence-corrected chi connectivity index (χ3v) is 5.87. The average molecular weight is 425 g/mol. The topological polar surface area (TPSA) is 75.3 Å². The number of amides is 1. The largest absolute Gasteiger partial charge is 0.351 e. The highest BCUT2D eigenvalue weighted by atomic mass is 79.9. The number of rotatable bonds is 6. The second-order valence-corrected chi connectivity index (χ2v) is 8.53. The van der Waals surface area contributed by atoms with Crippen LogP contribution in [0.5, 0.6) is 0 Å². The van der Waals surface area contributed by atoms with Crippen molar-refractivity contribution >= 4 is 31.9 Å². The van der Waals surface area contributed by atoms with Crippen LogP contribution < -0.4 is 10.0 Å². The number of carbonyl (C=O) groups excluding carboxylic acids is 1. The molecule has 0 aromatic heterocycles. The maximum Gasteiger partial charge on any atom is 0.251 e. The summed E-state index contributed by atoms with van der Waals surface area (Å²) in [6.07, 6.45) is 0. The van der Waals surface area contributed by atoms with Gasteiger partial charge in [0.25, 0.3) is 5.91 Å². The van der Waals surface area contributed by atoms with Crippen molar-refractivity contribution in [3.05, 3.63) is 63.1 Å². The Kier molecular flexibility index (Phi) is 6.37. The standard InChI is InChI=1S/C18H21BrN2O3S/c1-12-4-5-13(2)17(10-12)25(23,24)21-9-8-20-18(22)16-7-6-15(19)11-14(16)3/h4-7,10-11,21H,8-9H2,1-3H3,(H,20,22). The van der Waals surface area contributed by atoms with Gasteiger partial charge in [-0.05, 0) is 61.7 Å². The highest BCUT2D eigenvalue weighted by molar-refractivity contribution is 9.10. The molecular formula is C18H21BrN2O3S. The van der Waals surface area contributed by atoms with Crippen LogP contribution in [0.2, 0.25) is 0 Å². The van der Waals surface area contributed by atoms with E-state index in [9.17, 15) is 13.2 Å². The molecule has 5 nitrogen and oxygen atoms in total. The third kappa shape index (κ3) is 5.14. The second kappa shape index (κ2) is 8.12. The normalized spacial score (nSPS) is 11.4. The van der Waals surface area contributed by atoms with Gasteiger partial charge in [-0.3, -0.25) is 4.79 Å². The molecule has 0 saturated carbocycles. The zero-order valence-electron chi connectivity index (χ0n) is 14.4. The van der Waals surface area contributed by atoms with E-state index >= 15 is 0 Å². The summed E-state index contributed by atoms with van der Waals surface area (Å²) >= 11 is 3.36. The van der Waals surface area contributed by atoms with Crippen molar-refractivity contribution in [2.45, 2.75) is 25.7 Å². The van der Waals surface area contributed by atoms with Crippen LogP contribution in [0, 0.1) is 20.8 Å². The van der Waals surface area contributed by atoms with E-state index in [0.29, 0.717) is 11.1 Å². The Labute approximate surface area is 157 Å². The van der Waals surface area contributed by atoms with E-state index in [2.05, 4.69) is 26.0 Å². The second-order valence-electron chi connectivity index (χ2n) is 5.88. The van der Waals surface area contributed by atoms with Crippen LogP contribution in [0.15, 0.2) is 45.8 Å². The molecule has 2 N–H and O–H groups in total. The van der Waals surface area contributed by atoms with Gasteiger partial charge in [0.1, 0.15) is 0 Å². The first-order valence-corrected chi connectivity index (χ1v) is 10.1. The fraction of sp³-hybridized carbons (Fsp3) is 0.278. The van der Waals surface area contributed by atoms with Crippen molar-refractivity contribution in [1.82, 2.24) is 10.0 Å². The number of sulfonamides is 1. The Morgan fingerprint density at radius 1 is 1.00 bits per heavy atom. The number of benzene rings is 2. The first-order valence-electron chi connectivity index (χ1n) is 7.82. The van der Waals surface area contributed by atoms with Gasteiger partial charge in [-0.25, -0.2) is 13.1 Å². The van der Waals surface area contributed by atoms with Crippen LogP contribution in [-0.2, 0) is 10.0 Å². The molecule has 0 radical (unpaired) electrons. The molecule has 0 atom stereocenters. The van der Waals surface area contributed by atoms with Crippen LogP contribution in [0.4, 0.5) is 0 Å². The number of carbonyl (C=O) groups is 1. The average Bonchev–Trinajstić information content (AvgIpc) is 2.53. The summed E-state index contributed by atoms with van der Waals surface area (Å²) < 4.78 is 28.2. The molecule has 134 valence electrons. The molecule has 0 aliphatic carbocycles. The minimum absolute atomic E-state index is 0.122. The molecule has 2 aromatic rings. The van der Waals surface area contributed by atoms with Gasteiger partial charge >= 0.3 is 0 Å². The van der Waals surface area contributed by atoms with Gasteiger partial charge in [0.05, 0.1) is 4.90 Å². The lowest BCUT2D eigenvalue weighted by Crippen LogP contribution is -2.35. The fourth-order valence-corrected chi connectivity index (χ4v) is 4.25. The SMILES string of the molecule is Cc1ccc(C)c(S(=O)(=O)NCCNC(=O)c2ccc(Br)cc2C)c1. The predicted molar refractivity (Wildman–Crippen MR) is 102 cm³/mol. The van der Waals surface area contributed by atoms with Gasteiger partial charge in [-0.15, -0.1) is 0 Å². The summed E-state index contributed by atoms with van der Waals surface area (Å²) in [6, 6.07) is 10.7. The monoisotopic (exact) mass is 424 g/mol. The van der Waals surface area contributed by atoms with Gasteiger partial charge in [-0.2, -0.15) is 0 Å². The Balaban J connectivity index is 1.94. The van der Waals surface area contributed by atoms with Crippen molar-refractivity contribution in [1.29, 1.82) is 0 Å². The minimum atomic E-state index is -3.60. The summed E-state index contributed by atoms with van der Waals surface area (Å²) in [4.78, 5) is 12.4. The quantitative estimate of drug-likeness (QED) is 0.699. The Hall–Kier alpha value is -1.70. The van der Waals surface area contributed by atoms with E-state index in [1.807, 2.05) is 26.0 Å². The van der Waals surface area contributed by atoms with E-state index in [0.717, 1.165) is 15.6 Å². The van der Waals surface area contributed by atoms with E-state index in [1.165, 1.54) is 0 Å². The lowest BCUT2D eigenvalue weighted by molar-refractivity contribution is 0.0953. The highest BCUT2D eigenvalue weighted by Crippen LogP contribution is 2.17. The fourth-order valence-electron chi connectivity index (χ4n) is 2.41. The van der Waals surface area contributed by atoms with Gasteiger partial charge in [0, 0.05) is 23.1 Å². The Morgan fingerprint density at radius 2 is 1.72 bits per heavy atom. The van der Waals surface area contributed by atoms with Crippen LogP contribution in [0.1, 0.15) is 27.0 Å². The number of halogens is 1. The van der Waals surface area contributed by atoms with Crippen molar-refractivity contribution in [3.63, 3.8) is 0 Å². The van der Waals surface area contributed by atoms with Crippen LogP contribution >= 0.6 is 15.9 Å². The van der Waals surface area contributed by atoms with Crippen molar-refractivity contribution in [2.24, 2.45) is 0 Å². The molecule has 0 aliphatic heterocycles. The molecule has 0 bridgehead atoms. The molecule has 2 rings (SSSR count). The lowest BCUT2D eigenvalue weighted by Gasteiger charge is -2.11. The van der Waals surface area contributed by atoms with Crippen LogP contribution in [-0.4, -0.2) is 27.4 Å². The van der Waals surface area contributed by atoms with E-state index in [1.54, 1.807) is 31.2 Å². The first kappa shape index (κ1) is 19.6. The molecular weight excluding hydrogens is 404 g/mol. The Morgan fingerprint density at radius 3 is 2.40 bits per heavy atom. The molecule has 0 saturated heterocycles. The molecule has 0 unspecified atom stereocenters. The lowest BCUT2D eigenvalue weighted by atomic mass is 10.1. The van der Waals surface area contributed by atoms with Gasteiger partial charge in [0.15, 0.2) is 0 Å². The zero-order valence-corrected chi connectivity index (χ0v) is 16.8. The summed E-state index contributed by atoms with van der Waals surface area (Å²) in [6.45, 7) is 5.78.